The van der Waals surface area contributed by atoms with Crippen molar-refractivity contribution in [2.75, 3.05) is 0 Å². The first kappa shape index (κ1) is 21.5. The number of alkyl halides is 3. The van der Waals surface area contributed by atoms with Gasteiger partial charge in [0.05, 0.1) is 26.5 Å². The van der Waals surface area contributed by atoms with Gasteiger partial charge >= 0.3 is 6.18 Å². The molecule has 3 aromatic rings. The molecule has 0 spiro atoms. The highest BCUT2D eigenvalue weighted by molar-refractivity contribution is 7.99. The number of nitrogens with zero attached hydrogens (tertiary/aromatic N) is 4. The van der Waals surface area contributed by atoms with E-state index in [4.69, 9.17) is 11.6 Å². The summed E-state index contributed by atoms with van der Waals surface area (Å²) in [6, 6.07) is 9.41. The number of rotatable bonds is 5. The molecule has 13 heteroatoms. The topological polar surface area (TPSA) is 112 Å². The Bertz CT molecular complexity index is 1140. The standard InChI is InChI=1S/C17H8ClF3N4O4S/c18-10-3-1-9(2-4-10)12-8-15(17(19,20)21)23-16(22-12)30-14-6-5-11(24(26)27)7-13(14)25(28)29/h1-8H. The van der Waals surface area contributed by atoms with Crippen molar-refractivity contribution in [3.63, 3.8) is 0 Å². The van der Waals surface area contributed by atoms with E-state index < -0.39 is 38.2 Å². The molecule has 0 aliphatic carbocycles. The van der Waals surface area contributed by atoms with E-state index in [0.29, 0.717) is 22.3 Å². The van der Waals surface area contributed by atoms with E-state index in [1.807, 2.05) is 0 Å². The maximum Gasteiger partial charge on any atom is 0.433 e. The fraction of sp³-hybridized carbons (Fsp3) is 0.0588. The van der Waals surface area contributed by atoms with Gasteiger partial charge in [0.25, 0.3) is 11.4 Å². The minimum atomic E-state index is -4.79. The monoisotopic (exact) mass is 456 g/mol. The Hall–Kier alpha value is -3.25. The minimum absolute atomic E-state index is 0.0685. The summed E-state index contributed by atoms with van der Waals surface area (Å²) in [5, 5.41) is 22.1. The second-order valence-electron chi connectivity index (χ2n) is 5.69. The van der Waals surface area contributed by atoms with Gasteiger partial charge in [0.2, 0.25) is 0 Å². The van der Waals surface area contributed by atoms with Crippen LogP contribution in [0.25, 0.3) is 11.3 Å². The Morgan fingerprint density at radius 3 is 2.17 bits per heavy atom. The van der Waals surface area contributed by atoms with Crippen LogP contribution in [0.4, 0.5) is 24.5 Å². The lowest BCUT2D eigenvalue weighted by atomic mass is 10.1. The second-order valence-corrected chi connectivity index (χ2v) is 7.14. The molecule has 0 saturated heterocycles. The van der Waals surface area contributed by atoms with Crippen LogP contribution >= 0.6 is 23.4 Å². The molecular formula is C17H8ClF3N4O4S. The molecule has 3 rings (SSSR count). The van der Waals surface area contributed by atoms with Gasteiger partial charge in [-0.2, -0.15) is 13.2 Å². The Morgan fingerprint density at radius 1 is 0.933 bits per heavy atom. The summed E-state index contributed by atoms with van der Waals surface area (Å²) >= 11 is 6.29. The normalized spacial score (nSPS) is 11.3. The van der Waals surface area contributed by atoms with Crippen molar-refractivity contribution in [3.8, 4) is 11.3 Å². The fourth-order valence-electron chi connectivity index (χ4n) is 2.33. The first-order valence-corrected chi connectivity index (χ1v) is 9.07. The van der Waals surface area contributed by atoms with E-state index in [9.17, 15) is 33.4 Å². The molecule has 0 fully saturated rings. The van der Waals surface area contributed by atoms with Crippen LogP contribution in [0.1, 0.15) is 5.69 Å². The van der Waals surface area contributed by atoms with Gasteiger partial charge in [0, 0.05) is 16.7 Å². The maximum atomic E-state index is 13.3. The Morgan fingerprint density at radius 2 is 1.60 bits per heavy atom. The van der Waals surface area contributed by atoms with Crippen molar-refractivity contribution in [1.82, 2.24) is 9.97 Å². The van der Waals surface area contributed by atoms with Gasteiger partial charge in [-0.05, 0) is 36.0 Å². The summed E-state index contributed by atoms with van der Waals surface area (Å²) in [6.07, 6.45) is -4.79. The van der Waals surface area contributed by atoms with Crippen molar-refractivity contribution >= 4 is 34.7 Å². The molecular weight excluding hydrogens is 449 g/mol. The van der Waals surface area contributed by atoms with E-state index in [0.717, 1.165) is 24.3 Å². The van der Waals surface area contributed by atoms with Crippen molar-refractivity contribution in [1.29, 1.82) is 0 Å². The number of nitro benzene ring substituents is 2. The number of nitro groups is 2. The van der Waals surface area contributed by atoms with Gasteiger partial charge in [-0.15, -0.1) is 0 Å². The first-order chi connectivity index (χ1) is 14.0. The summed E-state index contributed by atoms with van der Waals surface area (Å²) in [5.41, 5.74) is -2.16. The van der Waals surface area contributed by atoms with Crippen LogP contribution in [0.15, 0.2) is 58.6 Å². The molecule has 30 heavy (non-hydrogen) atoms. The summed E-state index contributed by atoms with van der Waals surface area (Å²) in [6.45, 7) is 0. The Kier molecular flexibility index (Phi) is 5.89. The third-order valence-electron chi connectivity index (χ3n) is 3.69. The van der Waals surface area contributed by atoms with Crippen LogP contribution < -0.4 is 0 Å². The van der Waals surface area contributed by atoms with Gasteiger partial charge in [0.15, 0.2) is 5.16 Å². The molecule has 0 atom stereocenters. The molecule has 1 aromatic heterocycles. The molecule has 1 heterocycles. The molecule has 0 N–H and O–H groups in total. The van der Waals surface area contributed by atoms with Gasteiger partial charge in [0.1, 0.15) is 5.69 Å². The molecule has 0 saturated carbocycles. The summed E-state index contributed by atoms with van der Waals surface area (Å²) in [4.78, 5) is 27.8. The number of hydrogen-bond acceptors (Lipinski definition) is 7. The molecule has 0 amide bonds. The van der Waals surface area contributed by atoms with Crippen LogP contribution in [-0.4, -0.2) is 19.8 Å². The second kappa shape index (κ2) is 8.24. The van der Waals surface area contributed by atoms with E-state index >= 15 is 0 Å². The highest BCUT2D eigenvalue weighted by Gasteiger charge is 2.34. The number of aromatic nitrogens is 2. The average molecular weight is 457 g/mol. The quantitative estimate of drug-likeness (QED) is 0.271. The smallest absolute Gasteiger partial charge is 0.258 e. The van der Waals surface area contributed by atoms with Crippen molar-refractivity contribution in [2.45, 2.75) is 16.2 Å². The third-order valence-corrected chi connectivity index (χ3v) is 4.87. The molecule has 0 bridgehead atoms. The Labute approximate surface area is 175 Å². The lowest BCUT2D eigenvalue weighted by Crippen LogP contribution is -2.10. The zero-order valence-corrected chi connectivity index (χ0v) is 16.0. The van der Waals surface area contributed by atoms with Gasteiger partial charge < -0.3 is 0 Å². The lowest BCUT2D eigenvalue weighted by molar-refractivity contribution is -0.396. The van der Waals surface area contributed by atoms with E-state index in [2.05, 4.69) is 9.97 Å². The van der Waals surface area contributed by atoms with Gasteiger partial charge in [-0.3, -0.25) is 20.2 Å². The van der Waals surface area contributed by atoms with E-state index in [1.54, 1.807) is 0 Å². The molecule has 0 aliphatic heterocycles. The minimum Gasteiger partial charge on any atom is -0.258 e. The SMILES string of the molecule is O=[N+]([O-])c1ccc(Sc2nc(-c3ccc(Cl)cc3)cc(C(F)(F)F)n2)c([N+](=O)[O-])c1. The molecule has 0 unspecified atom stereocenters. The fourth-order valence-corrected chi connectivity index (χ4v) is 3.32. The van der Waals surface area contributed by atoms with Crippen molar-refractivity contribution in [3.05, 3.63) is 79.5 Å². The first-order valence-electron chi connectivity index (χ1n) is 7.87. The molecule has 0 radical (unpaired) electrons. The molecule has 154 valence electrons. The van der Waals surface area contributed by atoms with Crippen LogP contribution in [0, 0.1) is 20.2 Å². The van der Waals surface area contributed by atoms with Crippen LogP contribution in [0.2, 0.25) is 5.02 Å². The highest BCUT2D eigenvalue weighted by atomic mass is 35.5. The molecule has 0 aliphatic rings. The number of halogens is 4. The highest BCUT2D eigenvalue weighted by Crippen LogP contribution is 2.38. The number of hydrogen-bond donors (Lipinski definition) is 0. The zero-order chi connectivity index (χ0) is 22.1. The lowest BCUT2D eigenvalue weighted by Gasteiger charge is -2.10. The summed E-state index contributed by atoms with van der Waals surface area (Å²) in [5.74, 6) is 0. The predicted molar refractivity (Wildman–Crippen MR) is 101 cm³/mol. The summed E-state index contributed by atoms with van der Waals surface area (Å²) in [7, 11) is 0. The van der Waals surface area contributed by atoms with E-state index in [1.165, 1.54) is 24.3 Å². The molecule has 2 aromatic carbocycles. The van der Waals surface area contributed by atoms with Crippen molar-refractivity contribution < 1.29 is 23.0 Å². The van der Waals surface area contributed by atoms with Gasteiger partial charge in [-0.25, -0.2) is 9.97 Å². The maximum absolute atomic E-state index is 13.3. The van der Waals surface area contributed by atoms with Gasteiger partial charge in [-0.1, -0.05) is 23.7 Å². The number of non-ortho nitro benzene ring substituents is 1. The number of benzene rings is 2. The largest absolute Gasteiger partial charge is 0.433 e. The van der Waals surface area contributed by atoms with Crippen LogP contribution in [-0.2, 0) is 6.18 Å². The van der Waals surface area contributed by atoms with Crippen LogP contribution in [0.5, 0.6) is 0 Å². The van der Waals surface area contributed by atoms with Crippen LogP contribution in [0.3, 0.4) is 0 Å². The third kappa shape index (κ3) is 4.83. The zero-order valence-electron chi connectivity index (χ0n) is 14.5. The summed E-state index contributed by atoms with van der Waals surface area (Å²) < 4.78 is 39.9. The van der Waals surface area contributed by atoms with Crippen molar-refractivity contribution in [2.24, 2.45) is 0 Å². The predicted octanol–water partition coefficient (Wildman–Crippen LogP) is 5.78. The van der Waals surface area contributed by atoms with E-state index in [-0.39, 0.29) is 10.6 Å². The molecule has 8 nitrogen and oxygen atoms in total. The average Bonchev–Trinajstić information content (AvgIpc) is 2.67. The Balaban J connectivity index is 2.10.